The van der Waals surface area contributed by atoms with E-state index in [4.69, 9.17) is 29.5 Å². The first-order valence-electron chi connectivity index (χ1n) is 22.8. The maximum atomic E-state index is 11.8. The molecule has 26 heteroatoms. The SMILES string of the molecule is CC(C)(C)OC(=O)NCCS.CCCSSC(=O)OC.CCCSSc1ccccc1CO.CCCSSc1ccccc1COC(=O)Oc1ccc([N+](=O)[O-])cc1.CO.COC(=O)C(=S)I.OCc1ccccc1S. The topological polar surface area (TPSA) is 230 Å². The molecule has 0 unspecified atom stereocenters. The first-order valence-corrected chi connectivity index (χ1v) is 32.3. The van der Waals surface area contributed by atoms with Crippen LogP contribution in [0.3, 0.4) is 0 Å². The fraction of sp³-hybridized carbons (Fsp3) is 0.420. The van der Waals surface area contributed by atoms with Crippen LogP contribution >= 0.6 is 125 Å². The highest BCUT2D eigenvalue weighted by Crippen LogP contribution is 2.35. The number of thiocarbonyl (C=S) groups is 1. The van der Waals surface area contributed by atoms with E-state index in [1.165, 1.54) is 60.6 Å². The molecular weight excluding hydrogens is 1270 g/mol. The van der Waals surface area contributed by atoms with Crippen LogP contribution in [0.25, 0.3) is 0 Å². The Morgan fingerprint density at radius 3 is 1.62 bits per heavy atom. The van der Waals surface area contributed by atoms with Crippen LogP contribution in [0.15, 0.2) is 112 Å². The zero-order valence-electron chi connectivity index (χ0n) is 43.9. The van der Waals surface area contributed by atoms with Gasteiger partial charge in [-0.3, -0.25) is 10.1 Å². The van der Waals surface area contributed by atoms with Crippen molar-refractivity contribution >= 4 is 157 Å². The number of benzene rings is 4. The molecule has 4 aromatic carbocycles. The molecule has 0 spiro atoms. The van der Waals surface area contributed by atoms with Gasteiger partial charge < -0.3 is 44.3 Å². The summed E-state index contributed by atoms with van der Waals surface area (Å²) in [6.45, 7) is 12.7. The molecule has 0 atom stereocenters. The maximum Gasteiger partial charge on any atom is 0.514 e. The van der Waals surface area contributed by atoms with Crippen molar-refractivity contribution in [2.24, 2.45) is 0 Å². The first kappa shape index (κ1) is 77.5. The van der Waals surface area contributed by atoms with Crippen LogP contribution in [0.4, 0.5) is 20.1 Å². The zero-order chi connectivity index (χ0) is 58.2. The monoisotopic (exact) mass is 1340 g/mol. The summed E-state index contributed by atoms with van der Waals surface area (Å²) in [6, 6.07) is 28.4. The van der Waals surface area contributed by atoms with Crippen LogP contribution < -0.4 is 10.1 Å². The number of non-ortho nitro benzene ring substituents is 1. The molecule has 4 rings (SSSR count). The Bertz CT molecular complexity index is 2200. The normalized spacial score (nSPS) is 9.72. The van der Waals surface area contributed by atoms with Crippen molar-refractivity contribution in [1.82, 2.24) is 5.32 Å². The number of halogens is 1. The van der Waals surface area contributed by atoms with Crippen molar-refractivity contribution in [1.29, 1.82) is 0 Å². The van der Waals surface area contributed by atoms with Gasteiger partial charge in [-0.05, 0) is 104 Å². The van der Waals surface area contributed by atoms with Crippen LogP contribution in [0.2, 0.25) is 0 Å². The summed E-state index contributed by atoms with van der Waals surface area (Å²) in [4.78, 5) is 56.3. The van der Waals surface area contributed by atoms with Gasteiger partial charge in [0.15, 0.2) is 2.87 Å². The van der Waals surface area contributed by atoms with Gasteiger partial charge in [-0.2, -0.15) is 12.6 Å². The Balaban J connectivity index is -0.000000894. The number of nitro groups is 1. The van der Waals surface area contributed by atoms with Crippen molar-refractivity contribution in [3.05, 3.63) is 124 Å². The molecule has 0 saturated heterocycles. The molecule has 1 amide bonds. The largest absolute Gasteiger partial charge is 0.514 e. The van der Waals surface area contributed by atoms with Crippen molar-refractivity contribution in [2.45, 2.75) is 101 Å². The number of nitro benzene ring substituents is 1. The summed E-state index contributed by atoms with van der Waals surface area (Å²) >= 11 is 14.2. The number of nitrogens with one attached hydrogen (secondary N) is 1. The third kappa shape index (κ3) is 44.2. The second-order valence-electron chi connectivity index (χ2n) is 14.6. The Labute approximate surface area is 502 Å². The van der Waals surface area contributed by atoms with E-state index >= 15 is 0 Å². The fourth-order valence-corrected chi connectivity index (χ4v) is 11.1. The summed E-state index contributed by atoms with van der Waals surface area (Å²) in [5.41, 5.74) is 2.31. The van der Waals surface area contributed by atoms with Crippen LogP contribution in [-0.2, 0) is 43.6 Å². The molecule has 0 aliphatic carbocycles. The smallest absolute Gasteiger partial charge is 0.464 e. The van der Waals surface area contributed by atoms with E-state index in [1.807, 2.05) is 98.3 Å². The van der Waals surface area contributed by atoms with Gasteiger partial charge in [0, 0.05) is 79.8 Å². The maximum absolute atomic E-state index is 11.8. The number of hydrogen-bond donors (Lipinski definition) is 6. The summed E-state index contributed by atoms with van der Waals surface area (Å²) in [5, 5.41) is 37.6. The predicted octanol–water partition coefficient (Wildman–Crippen LogP) is 14.8. The minimum atomic E-state index is -0.852. The van der Waals surface area contributed by atoms with E-state index in [-0.39, 0.29) is 45.5 Å². The van der Waals surface area contributed by atoms with Gasteiger partial charge >= 0.3 is 23.5 Å². The molecule has 0 saturated carbocycles. The molecule has 0 radical (unpaired) electrons. The lowest BCUT2D eigenvalue weighted by Gasteiger charge is -2.19. The molecule has 0 aromatic heterocycles. The van der Waals surface area contributed by atoms with Gasteiger partial charge in [0.25, 0.3) is 5.69 Å². The third-order valence-corrected chi connectivity index (χ3v) is 16.3. The lowest BCUT2D eigenvalue weighted by Crippen LogP contribution is -2.33. The summed E-state index contributed by atoms with van der Waals surface area (Å²) in [6.07, 6.45) is 2.15. The molecule has 0 aliphatic heterocycles. The molecule has 426 valence electrons. The zero-order valence-corrected chi connectivity index (χ0v) is 53.6. The number of methoxy groups -OCH3 is 2. The number of ether oxygens (including phenoxy) is 5. The van der Waals surface area contributed by atoms with E-state index in [0.29, 0.717) is 12.3 Å². The van der Waals surface area contributed by atoms with Crippen LogP contribution in [0.5, 0.6) is 5.75 Å². The lowest BCUT2D eigenvalue weighted by molar-refractivity contribution is -0.384. The minimum absolute atomic E-state index is 0.0691. The van der Waals surface area contributed by atoms with Crippen molar-refractivity contribution < 1.29 is 63.1 Å². The quantitative estimate of drug-likeness (QED) is 0.00413. The average Bonchev–Trinajstić information content (AvgIpc) is 3.41. The van der Waals surface area contributed by atoms with Crippen molar-refractivity contribution in [2.75, 3.05) is 50.9 Å². The molecule has 0 bridgehead atoms. The number of rotatable bonds is 20. The summed E-state index contributed by atoms with van der Waals surface area (Å²) in [5.74, 6) is 3.58. The number of aliphatic hydroxyl groups excluding tert-OH is 3. The highest BCUT2D eigenvalue weighted by atomic mass is 127. The molecule has 16 nitrogen and oxygen atoms in total. The average molecular weight is 1340 g/mol. The van der Waals surface area contributed by atoms with Gasteiger partial charge in [0.2, 0.25) is 0 Å². The number of carbonyl (C=O) groups excluding carboxylic acids is 4. The molecule has 76 heavy (non-hydrogen) atoms. The molecule has 0 fully saturated rings. The van der Waals surface area contributed by atoms with Crippen LogP contribution in [0, 0.1) is 10.1 Å². The van der Waals surface area contributed by atoms with Crippen molar-refractivity contribution in [3.8, 4) is 5.75 Å². The Hall–Kier alpha value is -2.74. The van der Waals surface area contributed by atoms with Crippen LogP contribution in [-0.4, -0.2) is 103 Å². The Morgan fingerprint density at radius 1 is 0.737 bits per heavy atom. The number of esters is 1. The van der Waals surface area contributed by atoms with Crippen molar-refractivity contribution in [3.63, 3.8) is 0 Å². The van der Waals surface area contributed by atoms with E-state index in [9.17, 15) is 29.3 Å². The second-order valence-corrected chi connectivity index (χ2v) is 25.1. The fourth-order valence-electron chi connectivity index (χ4n) is 4.10. The number of alkyl carbamates (subject to hydrolysis) is 1. The lowest BCUT2D eigenvalue weighted by atomic mass is 10.2. The second kappa shape index (κ2) is 51.7. The van der Waals surface area contributed by atoms with E-state index in [2.05, 4.69) is 79.1 Å². The van der Waals surface area contributed by atoms with E-state index in [0.717, 1.165) is 74.5 Å². The number of hydrogen-bond acceptors (Lipinski definition) is 23. The number of amides is 1. The molecule has 0 heterocycles. The van der Waals surface area contributed by atoms with Gasteiger partial charge in [-0.25, -0.2) is 19.2 Å². The van der Waals surface area contributed by atoms with E-state index in [1.54, 1.807) is 55.0 Å². The Morgan fingerprint density at radius 2 is 1.21 bits per heavy atom. The van der Waals surface area contributed by atoms with Gasteiger partial charge in [-0.15, -0.1) is 12.6 Å². The predicted molar refractivity (Wildman–Crippen MR) is 337 cm³/mol. The van der Waals surface area contributed by atoms with Gasteiger partial charge in [-0.1, -0.05) is 142 Å². The number of nitrogens with zero attached hydrogens (tertiary/aromatic N) is 1. The summed E-state index contributed by atoms with van der Waals surface area (Å²) in [7, 11) is 13.4. The van der Waals surface area contributed by atoms with Gasteiger partial charge in [0.1, 0.15) is 18.0 Å². The minimum Gasteiger partial charge on any atom is -0.464 e. The highest BCUT2D eigenvalue weighted by molar-refractivity contribution is 14.1. The molecule has 4 aromatic rings. The first-order chi connectivity index (χ1) is 36.3. The molecular formula is C50H71IN2O14S9. The standard InChI is InChI=1S/C17H17NO5S2.C10H14OS2.C7H15NO2S.C7H8OS.C5H10O2S2.C3H3IO2S.CH4O/c1-2-11-24-25-16-6-4-3-5-13(16)12-22-17(19)23-15-9-7-14(8-10-15)18(20)21;1-2-7-12-13-10-6-4-3-5-9(10)8-11;1-7(2,3)10-6(9)8-4-5-11;8-5-6-3-1-2-4-7(6)9;1-3-4-8-9-5(6)7-2;1-6-3(5)2(4)7;1-2/h3-10H,2,11-12H2,1H3;3-6,11H,2,7-8H2,1H3;11H,4-5H2,1-3H3,(H,8,9);1-4,8-9H,5H2;3-4H2,1-2H3;1H3;2H,1H3. The van der Waals surface area contributed by atoms with Crippen LogP contribution in [0.1, 0.15) is 77.5 Å². The molecule has 0 aliphatic rings. The number of thiol groups is 2. The Kier molecular flexibility index (Phi) is 52.7. The number of carbonyl (C=O) groups is 4. The molecule has 4 N–H and O–H groups in total. The highest BCUT2D eigenvalue weighted by Gasteiger charge is 2.15. The van der Waals surface area contributed by atoms with Gasteiger partial charge in [0.05, 0.1) is 32.4 Å². The van der Waals surface area contributed by atoms with E-state index < -0.39 is 22.6 Å². The summed E-state index contributed by atoms with van der Waals surface area (Å²) < 4.78 is 24.0. The third-order valence-electron chi connectivity index (χ3n) is 7.45. The number of aliphatic hydroxyl groups is 3.